The zero-order valence-corrected chi connectivity index (χ0v) is 14.2. The van der Waals surface area contributed by atoms with Crippen molar-refractivity contribution < 1.29 is 9.13 Å². The van der Waals surface area contributed by atoms with Gasteiger partial charge in [-0.25, -0.2) is 9.97 Å². The van der Waals surface area contributed by atoms with Gasteiger partial charge in [-0.1, -0.05) is 6.92 Å². The standard InChI is InChI=1S/C16H18N4O3S/c1-2-13-11-15(19-7-9-24(23)10-8-19)18-16(17-13)12-3-5-14(6-4-12)20(21)22/h3-6,11H,2,7-10H2,1H3. The van der Waals surface area contributed by atoms with Gasteiger partial charge < -0.3 is 4.90 Å². The number of anilines is 1. The van der Waals surface area contributed by atoms with Crippen LogP contribution < -0.4 is 4.90 Å². The zero-order valence-electron chi connectivity index (χ0n) is 13.3. The van der Waals surface area contributed by atoms with E-state index < -0.39 is 15.7 Å². The van der Waals surface area contributed by atoms with E-state index in [2.05, 4.69) is 14.9 Å². The number of nitrogens with zero attached hydrogens (tertiary/aromatic N) is 4. The molecule has 126 valence electrons. The first-order chi connectivity index (χ1) is 11.6. The van der Waals surface area contributed by atoms with Gasteiger partial charge in [-0.05, 0) is 18.6 Å². The van der Waals surface area contributed by atoms with Crippen molar-refractivity contribution in [3.63, 3.8) is 0 Å². The molecular formula is C16H18N4O3S. The van der Waals surface area contributed by atoms with Crippen LogP contribution >= 0.6 is 0 Å². The normalized spacial score (nSPS) is 15.5. The number of nitro benzene ring substituents is 1. The van der Waals surface area contributed by atoms with Crippen LogP contribution in [0, 0.1) is 10.1 Å². The Hall–Kier alpha value is -2.35. The molecule has 0 spiro atoms. The fraction of sp³-hybridized carbons (Fsp3) is 0.375. The number of non-ortho nitro benzene ring substituents is 1. The van der Waals surface area contributed by atoms with Crippen LogP contribution in [0.15, 0.2) is 30.3 Å². The number of aromatic nitrogens is 2. The highest BCUT2D eigenvalue weighted by Crippen LogP contribution is 2.23. The van der Waals surface area contributed by atoms with Gasteiger partial charge in [-0.3, -0.25) is 14.3 Å². The summed E-state index contributed by atoms with van der Waals surface area (Å²) in [5.74, 6) is 2.69. The van der Waals surface area contributed by atoms with Crippen LogP contribution in [-0.4, -0.2) is 43.7 Å². The monoisotopic (exact) mass is 346 g/mol. The highest BCUT2D eigenvalue weighted by molar-refractivity contribution is 7.85. The summed E-state index contributed by atoms with van der Waals surface area (Å²) in [7, 11) is -0.739. The maximum atomic E-state index is 11.5. The Morgan fingerprint density at radius 3 is 2.46 bits per heavy atom. The number of nitro groups is 1. The second kappa shape index (κ2) is 7.04. The van der Waals surface area contributed by atoms with E-state index in [1.54, 1.807) is 12.1 Å². The fourth-order valence-corrected chi connectivity index (χ4v) is 3.61. The Labute approximate surface area is 142 Å². The molecular weight excluding hydrogens is 328 g/mol. The number of hydrogen-bond donors (Lipinski definition) is 0. The van der Waals surface area contributed by atoms with Gasteiger partial charge in [-0.2, -0.15) is 0 Å². The molecule has 0 atom stereocenters. The molecule has 1 aliphatic rings. The Morgan fingerprint density at radius 2 is 1.88 bits per heavy atom. The van der Waals surface area contributed by atoms with Gasteiger partial charge in [0, 0.05) is 64.9 Å². The molecule has 0 aliphatic carbocycles. The van der Waals surface area contributed by atoms with E-state index in [-0.39, 0.29) is 5.69 Å². The first kappa shape index (κ1) is 16.5. The van der Waals surface area contributed by atoms with Gasteiger partial charge in [0.15, 0.2) is 5.82 Å². The van der Waals surface area contributed by atoms with E-state index in [0.717, 1.165) is 23.5 Å². The maximum Gasteiger partial charge on any atom is 0.269 e. The number of hydrogen-bond acceptors (Lipinski definition) is 6. The van der Waals surface area contributed by atoms with Crippen molar-refractivity contribution in [1.82, 2.24) is 9.97 Å². The highest BCUT2D eigenvalue weighted by atomic mass is 32.2. The zero-order chi connectivity index (χ0) is 17.1. The minimum atomic E-state index is -0.739. The average molecular weight is 346 g/mol. The van der Waals surface area contributed by atoms with Crippen molar-refractivity contribution in [2.24, 2.45) is 0 Å². The maximum absolute atomic E-state index is 11.5. The van der Waals surface area contributed by atoms with Gasteiger partial charge in [0.2, 0.25) is 0 Å². The van der Waals surface area contributed by atoms with Crippen molar-refractivity contribution in [1.29, 1.82) is 0 Å². The van der Waals surface area contributed by atoms with Gasteiger partial charge in [0.1, 0.15) is 5.82 Å². The molecule has 1 aromatic heterocycles. The topological polar surface area (TPSA) is 89.2 Å². The molecule has 1 saturated heterocycles. The predicted octanol–water partition coefficient (Wildman–Crippen LogP) is 2.18. The average Bonchev–Trinajstić information content (AvgIpc) is 2.62. The summed E-state index contributed by atoms with van der Waals surface area (Å²) < 4.78 is 11.5. The minimum absolute atomic E-state index is 0.0455. The lowest BCUT2D eigenvalue weighted by molar-refractivity contribution is -0.384. The van der Waals surface area contributed by atoms with Crippen LogP contribution in [0.1, 0.15) is 12.6 Å². The van der Waals surface area contributed by atoms with Crippen LogP contribution in [0.2, 0.25) is 0 Å². The Balaban J connectivity index is 1.94. The van der Waals surface area contributed by atoms with Gasteiger partial charge in [0.25, 0.3) is 5.69 Å². The summed E-state index contributed by atoms with van der Waals surface area (Å²) in [6.45, 7) is 3.45. The van der Waals surface area contributed by atoms with E-state index in [9.17, 15) is 14.3 Å². The van der Waals surface area contributed by atoms with Gasteiger partial charge in [-0.15, -0.1) is 0 Å². The molecule has 1 fully saturated rings. The second-order valence-corrected chi connectivity index (χ2v) is 7.23. The van der Waals surface area contributed by atoms with E-state index in [1.807, 2.05) is 13.0 Å². The van der Waals surface area contributed by atoms with E-state index in [4.69, 9.17) is 0 Å². The molecule has 24 heavy (non-hydrogen) atoms. The summed E-state index contributed by atoms with van der Waals surface area (Å²) in [5, 5.41) is 10.8. The smallest absolute Gasteiger partial charge is 0.269 e. The molecule has 0 radical (unpaired) electrons. The highest BCUT2D eigenvalue weighted by Gasteiger charge is 2.18. The SMILES string of the molecule is CCc1cc(N2CCS(=O)CC2)nc(-c2ccc([N+](=O)[O-])cc2)n1. The second-order valence-electron chi connectivity index (χ2n) is 5.53. The third-order valence-electron chi connectivity index (χ3n) is 3.97. The van der Waals surface area contributed by atoms with Crippen molar-refractivity contribution in [3.05, 3.63) is 46.1 Å². The van der Waals surface area contributed by atoms with Crippen LogP contribution in [0.3, 0.4) is 0 Å². The lowest BCUT2D eigenvalue weighted by atomic mass is 10.2. The number of rotatable bonds is 4. The summed E-state index contributed by atoms with van der Waals surface area (Å²) in [5.41, 5.74) is 1.71. The van der Waals surface area contributed by atoms with Crippen molar-refractivity contribution >= 4 is 22.3 Å². The molecule has 0 amide bonds. The van der Waals surface area contributed by atoms with Crippen LogP contribution in [-0.2, 0) is 17.2 Å². The predicted molar refractivity (Wildman–Crippen MR) is 93.6 cm³/mol. The van der Waals surface area contributed by atoms with Crippen LogP contribution in [0.25, 0.3) is 11.4 Å². The number of aryl methyl sites for hydroxylation is 1. The Morgan fingerprint density at radius 1 is 1.21 bits per heavy atom. The molecule has 3 rings (SSSR count). The third-order valence-corrected chi connectivity index (χ3v) is 5.24. The molecule has 2 aromatic rings. The van der Waals surface area contributed by atoms with Crippen LogP contribution in [0.4, 0.5) is 11.5 Å². The molecule has 0 N–H and O–H groups in total. The van der Waals surface area contributed by atoms with E-state index in [0.29, 0.717) is 30.4 Å². The Kier molecular flexibility index (Phi) is 4.84. The van der Waals surface area contributed by atoms with E-state index >= 15 is 0 Å². The first-order valence-corrected chi connectivity index (χ1v) is 9.28. The Bertz CT molecular complexity index is 769. The van der Waals surface area contributed by atoms with Crippen LogP contribution in [0.5, 0.6) is 0 Å². The molecule has 0 bridgehead atoms. The van der Waals surface area contributed by atoms with Crippen molar-refractivity contribution in [3.8, 4) is 11.4 Å². The summed E-state index contributed by atoms with van der Waals surface area (Å²) in [6.07, 6.45) is 0.773. The quantitative estimate of drug-likeness (QED) is 0.623. The lowest BCUT2D eigenvalue weighted by Gasteiger charge is -2.27. The van der Waals surface area contributed by atoms with Gasteiger partial charge >= 0.3 is 0 Å². The largest absolute Gasteiger partial charge is 0.355 e. The first-order valence-electron chi connectivity index (χ1n) is 7.79. The summed E-state index contributed by atoms with van der Waals surface area (Å²) >= 11 is 0. The van der Waals surface area contributed by atoms with E-state index in [1.165, 1.54) is 12.1 Å². The molecule has 0 saturated carbocycles. The molecule has 0 unspecified atom stereocenters. The molecule has 1 aliphatic heterocycles. The molecule has 8 heteroatoms. The minimum Gasteiger partial charge on any atom is -0.355 e. The lowest BCUT2D eigenvalue weighted by Crippen LogP contribution is -2.38. The summed E-state index contributed by atoms with van der Waals surface area (Å²) in [6, 6.07) is 8.22. The van der Waals surface area contributed by atoms with Crippen molar-refractivity contribution in [2.45, 2.75) is 13.3 Å². The number of benzene rings is 1. The van der Waals surface area contributed by atoms with Gasteiger partial charge in [0.05, 0.1) is 4.92 Å². The third kappa shape index (κ3) is 3.59. The summed E-state index contributed by atoms with van der Waals surface area (Å²) in [4.78, 5) is 21.6. The molecule has 7 nitrogen and oxygen atoms in total. The van der Waals surface area contributed by atoms with Crippen molar-refractivity contribution in [2.75, 3.05) is 29.5 Å². The molecule has 1 aromatic carbocycles. The fourth-order valence-electron chi connectivity index (χ4n) is 2.55. The molecule has 2 heterocycles.